The van der Waals surface area contributed by atoms with Gasteiger partial charge in [0.25, 0.3) is 0 Å². The molecule has 3 N–H and O–H groups in total. The fourth-order valence-corrected chi connectivity index (χ4v) is 2.83. The summed E-state index contributed by atoms with van der Waals surface area (Å²) in [7, 11) is 0. The van der Waals surface area contributed by atoms with Crippen molar-refractivity contribution in [3.63, 3.8) is 0 Å². The number of primary amides is 1. The predicted octanol–water partition coefficient (Wildman–Crippen LogP) is 3.31. The number of hydrogen-bond donors (Lipinski definition) is 2. The fraction of sp³-hybridized carbons (Fsp3) is 0.412. The van der Waals surface area contributed by atoms with E-state index >= 15 is 0 Å². The maximum Gasteiger partial charge on any atom is 0.220 e. The number of aromatic nitrogens is 1. The minimum atomic E-state index is -0.366. The molecule has 1 aromatic heterocycles. The summed E-state index contributed by atoms with van der Waals surface area (Å²) in [6.45, 7) is 7.44. The van der Waals surface area contributed by atoms with Gasteiger partial charge in [-0.1, -0.05) is 32.9 Å². The lowest BCUT2D eigenvalue weighted by molar-refractivity contribution is -0.118. The van der Waals surface area contributed by atoms with Crippen molar-refractivity contribution >= 4 is 22.9 Å². The Morgan fingerprint density at radius 1 is 1.35 bits per heavy atom. The molecule has 0 saturated carbocycles. The first-order chi connectivity index (χ1) is 10.9. The average Bonchev–Trinajstić information content (AvgIpc) is 2.95. The van der Waals surface area contributed by atoms with Crippen LogP contribution in [-0.2, 0) is 16.8 Å². The van der Waals surface area contributed by atoms with Gasteiger partial charge in [0.05, 0.1) is 30.3 Å². The van der Waals surface area contributed by atoms with Gasteiger partial charge < -0.3 is 15.8 Å². The van der Waals surface area contributed by atoms with Crippen LogP contribution in [0.15, 0.2) is 30.5 Å². The first-order valence-corrected chi connectivity index (χ1v) is 8.37. The molecule has 0 bridgehead atoms. The van der Waals surface area contributed by atoms with Gasteiger partial charge in [0.2, 0.25) is 5.91 Å². The minimum Gasteiger partial charge on any atom is -0.491 e. The number of rotatable bonds is 7. The summed E-state index contributed by atoms with van der Waals surface area (Å²) in [5, 5.41) is 4.49. The third-order valence-electron chi connectivity index (χ3n) is 3.14. The second-order valence-corrected chi connectivity index (χ2v) is 7.41. The first-order valence-electron chi connectivity index (χ1n) is 7.55. The zero-order valence-corrected chi connectivity index (χ0v) is 14.6. The molecule has 0 spiro atoms. The molecule has 2 rings (SSSR count). The average molecular weight is 333 g/mol. The Balaban J connectivity index is 1.97. The highest BCUT2D eigenvalue weighted by molar-refractivity contribution is 7.11. The Morgan fingerprint density at radius 3 is 2.74 bits per heavy atom. The summed E-state index contributed by atoms with van der Waals surface area (Å²) < 4.78 is 5.62. The van der Waals surface area contributed by atoms with Crippen LogP contribution in [0, 0.1) is 0 Å². The number of benzene rings is 1. The number of hydrogen-bond acceptors (Lipinski definition) is 5. The van der Waals surface area contributed by atoms with Crippen molar-refractivity contribution < 1.29 is 9.53 Å². The van der Waals surface area contributed by atoms with E-state index in [-0.39, 0.29) is 24.3 Å². The molecule has 6 heteroatoms. The number of anilines is 1. The maximum absolute atomic E-state index is 10.8. The second-order valence-electron chi connectivity index (χ2n) is 6.30. The van der Waals surface area contributed by atoms with Crippen LogP contribution in [-0.4, -0.2) is 17.5 Å². The largest absolute Gasteiger partial charge is 0.491 e. The van der Waals surface area contributed by atoms with E-state index < -0.39 is 0 Å². The van der Waals surface area contributed by atoms with E-state index in [2.05, 4.69) is 31.1 Å². The highest BCUT2D eigenvalue weighted by atomic mass is 32.1. The molecule has 1 aromatic carbocycles. The number of nitrogens with zero attached hydrogens (tertiary/aromatic N) is 1. The monoisotopic (exact) mass is 333 g/mol. The van der Waals surface area contributed by atoms with E-state index in [1.54, 1.807) is 11.3 Å². The van der Waals surface area contributed by atoms with Gasteiger partial charge >= 0.3 is 0 Å². The van der Waals surface area contributed by atoms with E-state index in [1.807, 2.05) is 30.5 Å². The number of carbonyl (C=O) groups is 1. The molecular formula is C17H23N3O2S. The zero-order valence-electron chi connectivity index (χ0n) is 13.8. The number of carbonyl (C=O) groups excluding carboxylic acids is 1. The normalized spacial score (nSPS) is 11.3. The summed E-state index contributed by atoms with van der Waals surface area (Å²) >= 11 is 1.71. The van der Waals surface area contributed by atoms with E-state index in [9.17, 15) is 4.79 Å². The van der Waals surface area contributed by atoms with E-state index in [0.29, 0.717) is 12.3 Å². The maximum atomic E-state index is 10.8. The smallest absolute Gasteiger partial charge is 0.220 e. The number of amides is 1. The van der Waals surface area contributed by atoms with E-state index in [1.165, 1.54) is 4.88 Å². The standard InChI is InChI=1S/C17H23N3O2S/c1-17(2,3)16-20-11-12(23-16)10-19-13-6-4-5-7-14(13)22-9-8-15(18)21/h4-7,11,19H,8-10H2,1-3H3,(H2,18,21). The molecule has 0 aliphatic carbocycles. The van der Waals surface area contributed by atoms with Crippen LogP contribution in [0.5, 0.6) is 5.75 Å². The Kier molecular flexibility index (Phi) is 5.60. The Bertz CT molecular complexity index is 662. The SMILES string of the molecule is CC(C)(C)c1ncc(CNc2ccccc2OCCC(N)=O)s1. The molecule has 5 nitrogen and oxygen atoms in total. The number of ether oxygens (including phenoxy) is 1. The van der Waals surface area contributed by atoms with Gasteiger partial charge in [-0.2, -0.15) is 0 Å². The molecule has 1 amide bonds. The lowest BCUT2D eigenvalue weighted by Gasteiger charge is -2.14. The molecule has 2 aromatic rings. The van der Waals surface area contributed by atoms with Crippen molar-refractivity contribution in [2.24, 2.45) is 5.73 Å². The van der Waals surface area contributed by atoms with Crippen LogP contribution in [0.3, 0.4) is 0 Å². The molecule has 124 valence electrons. The van der Waals surface area contributed by atoms with E-state index in [4.69, 9.17) is 10.5 Å². The summed E-state index contributed by atoms with van der Waals surface area (Å²) in [4.78, 5) is 16.4. The molecular weight excluding hydrogens is 310 g/mol. The van der Waals surface area contributed by atoms with Gasteiger partial charge in [-0.05, 0) is 12.1 Å². The Labute approximate surface area is 140 Å². The lowest BCUT2D eigenvalue weighted by Crippen LogP contribution is -2.15. The third-order valence-corrected chi connectivity index (χ3v) is 4.56. The summed E-state index contributed by atoms with van der Waals surface area (Å²) in [6.07, 6.45) is 2.12. The summed E-state index contributed by atoms with van der Waals surface area (Å²) in [5.74, 6) is 0.351. The van der Waals surface area contributed by atoms with Gasteiger partial charge in [-0.15, -0.1) is 11.3 Å². The first kappa shape index (κ1) is 17.3. The van der Waals surface area contributed by atoms with E-state index in [0.717, 1.165) is 10.7 Å². The molecule has 1 heterocycles. The highest BCUT2D eigenvalue weighted by Crippen LogP contribution is 2.28. The van der Waals surface area contributed by atoms with Crippen molar-refractivity contribution in [1.82, 2.24) is 4.98 Å². The molecule has 23 heavy (non-hydrogen) atoms. The Hall–Kier alpha value is -2.08. The minimum absolute atomic E-state index is 0.0682. The lowest BCUT2D eigenvalue weighted by atomic mass is 9.98. The van der Waals surface area contributed by atoms with Gasteiger partial charge in [-0.3, -0.25) is 4.79 Å². The van der Waals surface area contributed by atoms with Crippen molar-refractivity contribution in [2.75, 3.05) is 11.9 Å². The van der Waals surface area contributed by atoms with Crippen molar-refractivity contribution in [1.29, 1.82) is 0 Å². The molecule has 0 unspecified atom stereocenters. The van der Waals surface area contributed by atoms with Crippen molar-refractivity contribution in [2.45, 2.75) is 39.2 Å². The topological polar surface area (TPSA) is 77.2 Å². The molecule has 0 saturated heterocycles. The summed E-state index contributed by atoms with van der Waals surface area (Å²) in [6, 6.07) is 7.66. The van der Waals surface area contributed by atoms with Gasteiger partial charge in [0.15, 0.2) is 0 Å². The molecule has 0 fully saturated rings. The number of para-hydroxylation sites is 2. The van der Waals surface area contributed by atoms with Gasteiger partial charge in [0, 0.05) is 16.5 Å². The number of nitrogens with two attached hydrogens (primary N) is 1. The van der Waals surface area contributed by atoms with Crippen molar-refractivity contribution in [3.8, 4) is 5.75 Å². The van der Waals surface area contributed by atoms with Crippen LogP contribution < -0.4 is 15.8 Å². The van der Waals surface area contributed by atoms with Crippen LogP contribution in [0.4, 0.5) is 5.69 Å². The van der Waals surface area contributed by atoms with Crippen LogP contribution >= 0.6 is 11.3 Å². The predicted molar refractivity (Wildman–Crippen MR) is 93.9 cm³/mol. The van der Waals surface area contributed by atoms with Gasteiger partial charge in [-0.25, -0.2) is 4.98 Å². The molecule has 0 aliphatic heterocycles. The number of nitrogens with one attached hydrogen (secondary N) is 1. The highest BCUT2D eigenvalue weighted by Gasteiger charge is 2.17. The van der Waals surface area contributed by atoms with Crippen molar-refractivity contribution in [3.05, 3.63) is 40.3 Å². The van der Waals surface area contributed by atoms with Crippen LogP contribution in [0.25, 0.3) is 0 Å². The Morgan fingerprint density at radius 2 is 2.09 bits per heavy atom. The molecule has 0 radical (unpaired) electrons. The third kappa shape index (κ3) is 5.25. The number of thiazole rings is 1. The quantitative estimate of drug-likeness (QED) is 0.815. The molecule has 0 aliphatic rings. The van der Waals surface area contributed by atoms with Crippen LogP contribution in [0.1, 0.15) is 37.1 Å². The zero-order chi connectivity index (χ0) is 16.9. The molecule has 0 atom stereocenters. The summed E-state index contributed by atoms with van der Waals surface area (Å²) in [5.41, 5.74) is 6.09. The second kappa shape index (κ2) is 7.46. The van der Waals surface area contributed by atoms with Crippen LogP contribution in [0.2, 0.25) is 0 Å². The van der Waals surface area contributed by atoms with Gasteiger partial charge in [0.1, 0.15) is 5.75 Å². The fourth-order valence-electron chi connectivity index (χ4n) is 1.92.